The molecule has 8 nitrogen and oxygen atoms in total. The summed E-state index contributed by atoms with van der Waals surface area (Å²) in [6.45, 7) is 6.00. The first-order chi connectivity index (χ1) is 16.8. The summed E-state index contributed by atoms with van der Waals surface area (Å²) in [4.78, 5) is 27.0. The summed E-state index contributed by atoms with van der Waals surface area (Å²) in [6.07, 6.45) is 2.99. The van der Waals surface area contributed by atoms with Gasteiger partial charge in [0.25, 0.3) is 0 Å². The van der Waals surface area contributed by atoms with E-state index >= 15 is 0 Å². The number of para-hydroxylation sites is 1. The van der Waals surface area contributed by atoms with E-state index in [1.54, 1.807) is 30.9 Å². The fourth-order valence-corrected chi connectivity index (χ4v) is 6.04. The molecule has 1 aliphatic heterocycles. The van der Waals surface area contributed by atoms with Crippen molar-refractivity contribution in [3.05, 3.63) is 60.8 Å². The van der Waals surface area contributed by atoms with Gasteiger partial charge in [-0.25, -0.2) is 8.42 Å². The third kappa shape index (κ3) is 5.26. The van der Waals surface area contributed by atoms with Crippen molar-refractivity contribution in [1.82, 2.24) is 14.2 Å². The van der Waals surface area contributed by atoms with Crippen molar-refractivity contribution in [3.8, 4) is 0 Å². The van der Waals surface area contributed by atoms with Crippen LogP contribution in [0, 0.1) is 5.92 Å². The molecule has 186 valence electrons. The number of amides is 2. The maximum Gasteiger partial charge on any atom is 0.243 e. The fourth-order valence-electron chi connectivity index (χ4n) is 4.58. The number of anilines is 1. The first-order valence-corrected chi connectivity index (χ1v) is 13.5. The Morgan fingerprint density at radius 2 is 1.77 bits per heavy atom. The number of hydrogen-bond acceptors (Lipinski definition) is 4. The second-order valence-electron chi connectivity index (χ2n) is 8.70. The van der Waals surface area contributed by atoms with Crippen molar-refractivity contribution in [2.24, 2.45) is 5.92 Å². The van der Waals surface area contributed by atoms with Crippen molar-refractivity contribution in [2.45, 2.75) is 38.1 Å². The van der Waals surface area contributed by atoms with E-state index in [-0.39, 0.29) is 29.7 Å². The van der Waals surface area contributed by atoms with Gasteiger partial charge in [-0.2, -0.15) is 4.31 Å². The molecule has 1 aliphatic rings. The van der Waals surface area contributed by atoms with Gasteiger partial charge in [0.05, 0.1) is 10.8 Å². The van der Waals surface area contributed by atoms with Gasteiger partial charge in [-0.15, -0.1) is 0 Å². The molecule has 1 aromatic heterocycles. The first-order valence-electron chi connectivity index (χ1n) is 12.1. The standard InChI is InChI=1S/C26H32N4O4S/c1-3-29(4-2)35(33,34)23-12-10-22(11-13-23)30-19-21(18-25(30)31)26(32)27-15-7-16-28-17-14-20-8-5-6-9-24(20)28/h5-6,8-14,17,21H,3-4,7,15-16,18-19H2,1-2H3,(H,27,32)/t21-/m0/s1. The van der Waals surface area contributed by atoms with Crippen LogP contribution in [0.25, 0.3) is 10.9 Å². The number of carbonyl (C=O) groups is 2. The topological polar surface area (TPSA) is 91.7 Å². The van der Waals surface area contributed by atoms with Crippen molar-refractivity contribution in [2.75, 3.05) is 31.1 Å². The minimum atomic E-state index is -3.56. The Hall–Kier alpha value is -3.17. The number of nitrogens with one attached hydrogen (secondary N) is 1. The van der Waals surface area contributed by atoms with E-state index in [1.807, 2.05) is 12.1 Å². The molecule has 1 N–H and O–H groups in total. The smallest absolute Gasteiger partial charge is 0.243 e. The SMILES string of the molecule is CCN(CC)S(=O)(=O)c1ccc(N2C[C@@H](C(=O)NCCCn3ccc4ccccc43)CC2=O)cc1. The minimum Gasteiger partial charge on any atom is -0.356 e. The number of hydrogen-bond donors (Lipinski definition) is 1. The Labute approximate surface area is 206 Å². The Morgan fingerprint density at radius 1 is 1.06 bits per heavy atom. The Kier molecular flexibility index (Phi) is 7.57. The van der Waals surface area contributed by atoms with Crippen LogP contribution in [0.1, 0.15) is 26.7 Å². The molecular formula is C26H32N4O4S. The zero-order valence-corrected chi connectivity index (χ0v) is 21.0. The van der Waals surface area contributed by atoms with Crippen LogP contribution in [0.2, 0.25) is 0 Å². The van der Waals surface area contributed by atoms with Crippen molar-refractivity contribution in [1.29, 1.82) is 0 Å². The second-order valence-corrected chi connectivity index (χ2v) is 10.6. The van der Waals surface area contributed by atoms with Crippen molar-refractivity contribution in [3.63, 3.8) is 0 Å². The summed E-state index contributed by atoms with van der Waals surface area (Å²) >= 11 is 0. The van der Waals surface area contributed by atoms with Crippen molar-refractivity contribution >= 4 is 38.4 Å². The molecule has 0 saturated carbocycles. The van der Waals surface area contributed by atoms with Crippen LogP contribution in [0.15, 0.2) is 65.7 Å². The molecule has 2 heterocycles. The molecule has 0 spiro atoms. The highest BCUT2D eigenvalue weighted by atomic mass is 32.2. The maximum atomic E-state index is 12.7. The largest absolute Gasteiger partial charge is 0.356 e. The predicted octanol–water partition coefficient (Wildman–Crippen LogP) is 3.23. The zero-order chi connectivity index (χ0) is 25.0. The van der Waals surface area contributed by atoms with Gasteiger partial charge in [0.2, 0.25) is 21.8 Å². The first kappa shape index (κ1) is 24.9. The van der Waals surface area contributed by atoms with Crippen LogP contribution in [-0.4, -0.2) is 55.3 Å². The molecule has 1 fully saturated rings. The molecule has 0 unspecified atom stereocenters. The summed E-state index contributed by atoms with van der Waals surface area (Å²) in [5, 5.41) is 4.16. The molecule has 0 radical (unpaired) electrons. The van der Waals surface area contributed by atoms with E-state index in [0.29, 0.717) is 25.3 Å². The van der Waals surface area contributed by atoms with E-state index in [2.05, 4.69) is 34.3 Å². The summed E-state index contributed by atoms with van der Waals surface area (Å²) in [6, 6.07) is 16.6. The number of benzene rings is 2. The molecule has 4 rings (SSSR count). The van der Waals surface area contributed by atoms with E-state index < -0.39 is 15.9 Å². The zero-order valence-electron chi connectivity index (χ0n) is 20.2. The lowest BCUT2D eigenvalue weighted by Crippen LogP contribution is -2.34. The molecular weight excluding hydrogens is 464 g/mol. The van der Waals surface area contributed by atoms with Gasteiger partial charge in [-0.3, -0.25) is 9.59 Å². The Balaban J connectivity index is 1.30. The number of sulfonamides is 1. The number of aromatic nitrogens is 1. The summed E-state index contributed by atoms with van der Waals surface area (Å²) in [5.41, 5.74) is 1.77. The normalized spacial score (nSPS) is 16.4. The van der Waals surface area contributed by atoms with Gasteiger partial charge in [-0.1, -0.05) is 32.0 Å². The third-order valence-corrected chi connectivity index (χ3v) is 8.61. The van der Waals surface area contributed by atoms with E-state index in [1.165, 1.54) is 27.3 Å². The summed E-state index contributed by atoms with van der Waals surface area (Å²) in [5.74, 6) is -0.684. The van der Waals surface area contributed by atoms with Crippen molar-refractivity contribution < 1.29 is 18.0 Å². The average Bonchev–Trinajstić information content (AvgIpc) is 3.46. The predicted molar refractivity (Wildman–Crippen MR) is 137 cm³/mol. The van der Waals surface area contributed by atoms with Crippen LogP contribution in [0.3, 0.4) is 0 Å². The number of nitrogens with zero attached hydrogens (tertiary/aromatic N) is 3. The highest BCUT2D eigenvalue weighted by Crippen LogP contribution is 2.27. The van der Waals surface area contributed by atoms with E-state index in [4.69, 9.17) is 0 Å². The minimum absolute atomic E-state index is 0.126. The summed E-state index contributed by atoms with van der Waals surface area (Å²) < 4.78 is 28.9. The summed E-state index contributed by atoms with van der Waals surface area (Å²) in [7, 11) is -3.56. The fraction of sp³-hybridized carbons (Fsp3) is 0.385. The highest BCUT2D eigenvalue weighted by Gasteiger charge is 2.35. The number of fused-ring (bicyclic) bond motifs is 1. The average molecular weight is 497 g/mol. The van der Waals surface area contributed by atoms with E-state index in [9.17, 15) is 18.0 Å². The highest BCUT2D eigenvalue weighted by molar-refractivity contribution is 7.89. The van der Waals surface area contributed by atoms with E-state index in [0.717, 1.165) is 13.0 Å². The number of carbonyl (C=O) groups excluding carboxylic acids is 2. The lowest BCUT2D eigenvalue weighted by molar-refractivity contribution is -0.126. The molecule has 1 atom stereocenters. The van der Waals surface area contributed by atoms with Crippen LogP contribution in [0.4, 0.5) is 5.69 Å². The molecule has 9 heteroatoms. The Bertz CT molecular complexity index is 1300. The molecule has 3 aromatic rings. The van der Waals surface area contributed by atoms with Gasteiger partial charge >= 0.3 is 0 Å². The second kappa shape index (κ2) is 10.6. The molecule has 0 bridgehead atoms. The third-order valence-electron chi connectivity index (χ3n) is 6.54. The van der Waals surface area contributed by atoms with Gasteiger partial charge in [0.15, 0.2) is 0 Å². The van der Waals surface area contributed by atoms with Gasteiger partial charge in [-0.05, 0) is 48.2 Å². The van der Waals surface area contributed by atoms with Gasteiger partial charge in [0.1, 0.15) is 0 Å². The monoisotopic (exact) mass is 496 g/mol. The quantitative estimate of drug-likeness (QED) is 0.436. The number of aryl methyl sites for hydroxylation is 1. The van der Waals surface area contributed by atoms with Crippen LogP contribution in [-0.2, 0) is 26.2 Å². The number of rotatable bonds is 10. The molecule has 2 amide bonds. The molecule has 0 aliphatic carbocycles. The van der Waals surface area contributed by atoms with Crippen LogP contribution < -0.4 is 10.2 Å². The lowest BCUT2D eigenvalue weighted by Gasteiger charge is -2.20. The molecule has 1 saturated heterocycles. The Morgan fingerprint density at radius 3 is 2.49 bits per heavy atom. The van der Waals surface area contributed by atoms with Gasteiger partial charge < -0.3 is 14.8 Å². The molecule has 35 heavy (non-hydrogen) atoms. The maximum absolute atomic E-state index is 12.7. The van der Waals surface area contributed by atoms with Gasteiger partial charge in [0, 0.05) is 56.5 Å². The molecule has 2 aromatic carbocycles. The van der Waals surface area contributed by atoms with Crippen LogP contribution in [0.5, 0.6) is 0 Å². The van der Waals surface area contributed by atoms with Crippen LogP contribution >= 0.6 is 0 Å². The lowest BCUT2D eigenvalue weighted by atomic mass is 10.1.